The van der Waals surface area contributed by atoms with Gasteiger partial charge in [0.05, 0.1) is 11.3 Å². The number of rotatable bonds is 2. The Labute approximate surface area is 172 Å². The Morgan fingerprint density at radius 1 is 1.10 bits per heavy atom. The van der Waals surface area contributed by atoms with E-state index >= 15 is 0 Å². The van der Waals surface area contributed by atoms with E-state index in [0.717, 1.165) is 0 Å². The number of amides is 1. The Bertz CT molecular complexity index is 1270. The van der Waals surface area contributed by atoms with Gasteiger partial charge in [-0.15, -0.1) is 0 Å². The zero-order valence-corrected chi connectivity index (χ0v) is 15.9. The van der Waals surface area contributed by atoms with Crippen LogP contribution in [-0.2, 0) is 4.79 Å². The number of pyridine rings is 1. The lowest BCUT2D eigenvalue weighted by molar-refractivity contribution is -0.167. The van der Waals surface area contributed by atoms with Crippen molar-refractivity contribution in [3.05, 3.63) is 86.6 Å². The van der Waals surface area contributed by atoms with Crippen LogP contribution in [0.2, 0.25) is 0 Å². The summed E-state index contributed by atoms with van der Waals surface area (Å²) in [5, 5.41) is 4.53. The number of allylic oxidation sites excluding steroid dienone is 3. The summed E-state index contributed by atoms with van der Waals surface area (Å²) >= 11 is 0. The van der Waals surface area contributed by atoms with Gasteiger partial charge in [0, 0.05) is 23.2 Å². The van der Waals surface area contributed by atoms with E-state index in [2.05, 4.69) is 10.3 Å². The summed E-state index contributed by atoms with van der Waals surface area (Å²) in [6, 6.07) is 6.91. The molecule has 0 saturated carbocycles. The first-order valence-corrected chi connectivity index (χ1v) is 9.07. The van der Waals surface area contributed by atoms with Crippen LogP contribution in [-0.4, -0.2) is 28.6 Å². The first-order chi connectivity index (χ1) is 14.6. The Kier molecular flexibility index (Phi) is 4.64. The van der Waals surface area contributed by atoms with Crippen molar-refractivity contribution in [2.75, 3.05) is 5.32 Å². The number of carbonyl (C=O) groups is 3. The zero-order chi connectivity index (χ0) is 22.5. The molecule has 2 aromatic rings. The molecule has 1 aromatic carbocycles. The predicted molar refractivity (Wildman–Crippen MR) is 104 cm³/mol. The van der Waals surface area contributed by atoms with Crippen LogP contribution in [0.15, 0.2) is 58.7 Å². The summed E-state index contributed by atoms with van der Waals surface area (Å²) in [6.45, 7) is 1.52. The molecule has 1 aromatic heterocycles. The molecule has 0 spiro atoms. The number of nitrogens with one attached hydrogen (secondary N) is 3. The fourth-order valence-electron chi connectivity index (χ4n) is 3.74. The van der Waals surface area contributed by atoms with Crippen LogP contribution >= 0.6 is 0 Å². The Morgan fingerprint density at radius 2 is 1.81 bits per heavy atom. The van der Waals surface area contributed by atoms with Crippen LogP contribution in [0.3, 0.4) is 0 Å². The van der Waals surface area contributed by atoms with Gasteiger partial charge in [-0.05, 0) is 30.3 Å². The van der Waals surface area contributed by atoms with E-state index in [1.54, 1.807) is 6.07 Å². The summed E-state index contributed by atoms with van der Waals surface area (Å²) in [5.41, 5.74) is -0.349. The number of aryl methyl sites for hydroxylation is 1. The van der Waals surface area contributed by atoms with Crippen LogP contribution in [0.5, 0.6) is 0 Å². The fourth-order valence-corrected chi connectivity index (χ4v) is 3.74. The Hall–Kier alpha value is -3.95. The third-order valence-corrected chi connectivity index (χ3v) is 5.06. The van der Waals surface area contributed by atoms with Gasteiger partial charge < -0.3 is 15.6 Å². The number of aromatic amines is 1. The van der Waals surface area contributed by atoms with Gasteiger partial charge in [-0.3, -0.25) is 19.2 Å². The van der Waals surface area contributed by atoms with Gasteiger partial charge in [0.15, 0.2) is 5.78 Å². The molecule has 1 aliphatic carbocycles. The van der Waals surface area contributed by atoms with E-state index in [4.69, 9.17) is 0 Å². The Balaban J connectivity index is 1.84. The summed E-state index contributed by atoms with van der Waals surface area (Å²) in [4.78, 5) is 52.0. The van der Waals surface area contributed by atoms with Crippen molar-refractivity contribution in [2.24, 2.45) is 0 Å². The van der Waals surface area contributed by atoms with Crippen molar-refractivity contribution in [2.45, 2.75) is 19.0 Å². The number of para-hydroxylation sites is 1. The van der Waals surface area contributed by atoms with Gasteiger partial charge >= 0.3 is 12.1 Å². The molecule has 1 atom stereocenters. The normalized spacial score (nSPS) is 17.7. The van der Waals surface area contributed by atoms with E-state index in [0.29, 0.717) is 5.56 Å². The van der Waals surface area contributed by atoms with Crippen LogP contribution in [0.1, 0.15) is 37.9 Å². The molecule has 31 heavy (non-hydrogen) atoms. The molecule has 1 unspecified atom stereocenters. The molecular formula is C21H14F3N3O4. The number of ketones is 2. The number of H-pyrrole nitrogens is 1. The molecule has 158 valence electrons. The second-order valence-corrected chi connectivity index (χ2v) is 7.03. The molecule has 3 N–H and O–H groups in total. The monoisotopic (exact) mass is 429 g/mol. The smallest absolute Gasteiger partial charge is 0.358 e. The average molecular weight is 429 g/mol. The minimum atomic E-state index is -5.10. The van der Waals surface area contributed by atoms with Crippen molar-refractivity contribution in [3.8, 4) is 0 Å². The standard InChI is InChI=1S/C21H14F3N3O4/c1-9-8-13(28)27-17-14(9)18(29)15-11(6-7-25-16(15)19(17)30)10-4-2-3-5-12(10)26-20(31)21(22,23)24/h2-8,11,25H,1H3,(H,26,31)(H,27,28). The highest BCUT2D eigenvalue weighted by atomic mass is 19.4. The molecule has 0 fully saturated rings. The lowest BCUT2D eigenvalue weighted by atomic mass is 9.77. The quantitative estimate of drug-likeness (QED) is 0.681. The molecule has 7 nitrogen and oxygen atoms in total. The molecule has 1 amide bonds. The van der Waals surface area contributed by atoms with Gasteiger partial charge in [0.25, 0.3) is 0 Å². The van der Waals surface area contributed by atoms with Crippen molar-refractivity contribution < 1.29 is 27.6 Å². The van der Waals surface area contributed by atoms with Crippen molar-refractivity contribution in [1.82, 2.24) is 10.3 Å². The van der Waals surface area contributed by atoms with E-state index in [9.17, 15) is 32.3 Å². The molecule has 10 heteroatoms. The van der Waals surface area contributed by atoms with Gasteiger partial charge in [-0.25, -0.2) is 0 Å². The van der Waals surface area contributed by atoms with E-state index in [1.165, 1.54) is 43.5 Å². The van der Waals surface area contributed by atoms with E-state index in [1.807, 2.05) is 5.32 Å². The molecule has 4 rings (SSSR count). The van der Waals surface area contributed by atoms with Crippen LogP contribution in [0, 0.1) is 6.92 Å². The number of fused-ring (bicyclic) bond motifs is 1. The summed E-state index contributed by atoms with van der Waals surface area (Å²) in [7, 11) is 0. The third kappa shape index (κ3) is 3.35. The molecular weight excluding hydrogens is 415 g/mol. The second-order valence-electron chi connectivity index (χ2n) is 7.03. The molecule has 1 aliphatic heterocycles. The SMILES string of the molecule is Cc1cc(=O)[nH]c2c1C(=O)C1=C(NC=CC1c1ccccc1NC(=O)C(F)(F)F)C2=O. The van der Waals surface area contributed by atoms with E-state index < -0.39 is 35.1 Å². The number of alkyl halides is 3. The van der Waals surface area contributed by atoms with E-state index in [-0.39, 0.29) is 33.8 Å². The number of dihydropyridines is 1. The summed E-state index contributed by atoms with van der Waals surface area (Å²) in [6.07, 6.45) is -2.20. The van der Waals surface area contributed by atoms with Crippen molar-refractivity contribution in [1.29, 1.82) is 0 Å². The molecule has 0 saturated heterocycles. The summed E-state index contributed by atoms with van der Waals surface area (Å²) < 4.78 is 38.3. The van der Waals surface area contributed by atoms with Gasteiger partial charge in [-0.2, -0.15) is 13.2 Å². The van der Waals surface area contributed by atoms with Crippen LogP contribution < -0.4 is 16.2 Å². The highest BCUT2D eigenvalue weighted by Crippen LogP contribution is 2.40. The largest absolute Gasteiger partial charge is 0.471 e. The maximum absolute atomic E-state index is 13.3. The second kappa shape index (κ2) is 7.08. The molecule has 0 radical (unpaired) electrons. The molecule has 2 heterocycles. The number of halogens is 3. The number of Topliss-reactive ketones (excluding diaryl/α,β-unsaturated/α-hetero) is 2. The first-order valence-electron chi connectivity index (χ1n) is 9.07. The summed E-state index contributed by atoms with van der Waals surface area (Å²) in [5.74, 6) is -4.22. The number of hydrogen-bond acceptors (Lipinski definition) is 5. The Morgan fingerprint density at radius 3 is 2.52 bits per heavy atom. The first kappa shape index (κ1) is 20.3. The predicted octanol–water partition coefficient (Wildman–Crippen LogP) is 2.72. The fraction of sp³-hybridized carbons (Fsp3) is 0.143. The highest BCUT2D eigenvalue weighted by Gasteiger charge is 2.41. The number of benzene rings is 1. The topological polar surface area (TPSA) is 108 Å². The number of aromatic nitrogens is 1. The lowest BCUT2D eigenvalue weighted by Crippen LogP contribution is -2.36. The van der Waals surface area contributed by atoms with Gasteiger partial charge in [-0.1, -0.05) is 24.3 Å². The molecule has 2 aliphatic rings. The maximum atomic E-state index is 13.3. The van der Waals surface area contributed by atoms with Crippen molar-refractivity contribution in [3.63, 3.8) is 0 Å². The minimum absolute atomic E-state index is 0.0175. The number of carbonyl (C=O) groups excluding carboxylic acids is 3. The van der Waals surface area contributed by atoms with Gasteiger partial charge in [0.1, 0.15) is 5.69 Å². The lowest BCUT2D eigenvalue weighted by Gasteiger charge is -2.29. The zero-order valence-electron chi connectivity index (χ0n) is 15.9. The van der Waals surface area contributed by atoms with Gasteiger partial charge in [0.2, 0.25) is 11.3 Å². The maximum Gasteiger partial charge on any atom is 0.471 e. The van der Waals surface area contributed by atoms with Crippen LogP contribution in [0.25, 0.3) is 0 Å². The van der Waals surface area contributed by atoms with Crippen molar-refractivity contribution >= 4 is 23.2 Å². The molecule has 0 bridgehead atoms. The average Bonchev–Trinajstić information content (AvgIpc) is 2.70. The van der Waals surface area contributed by atoms with Crippen LogP contribution in [0.4, 0.5) is 18.9 Å². The minimum Gasteiger partial charge on any atom is -0.358 e. The highest BCUT2D eigenvalue weighted by molar-refractivity contribution is 6.27. The number of anilines is 1. The number of hydrogen-bond donors (Lipinski definition) is 3. The third-order valence-electron chi connectivity index (χ3n) is 5.06.